The minimum absolute atomic E-state index is 0.0881. The molecule has 0 spiro atoms. The summed E-state index contributed by atoms with van der Waals surface area (Å²) in [5.74, 6) is 1.76. The first-order valence-electron chi connectivity index (χ1n) is 5.81. The Morgan fingerprint density at radius 2 is 1.76 bits per heavy atom. The van der Waals surface area contributed by atoms with Gasteiger partial charge in [-0.15, -0.1) is 0 Å². The molecule has 1 aliphatic rings. The predicted molar refractivity (Wildman–Crippen MR) is 68.5 cm³/mol. The lowest BCUT2D eigenvalue weighted by atomic mass is 9.90. The Balaban J connectivity index is 2.24. The monoisotopic (exact) mass is 225 g/mol. The quantitative estimate of drug-likeness (QED) is 0.745. The number of benzene rings is 2. The van der Waals surface area contributed by atoms with Crippen molar-refractivity contribution in [2.24, 2.45) is 5.73 Å². The molecule has 2 heteroatoms. The Labute approximate surface area is 101 Å². The van der Waals surface area contributed by atoms with E-state index in [0.717, 1.165) is 22.6 Å². The summed E-state index contributed by atoms with van der Waals surface area (Å²) in [6, 6.07) is 12.0. The second-order valence-electron chi connectivity index (χ2n) is 4.54. The standard InChI is InChI=1S/C15H15NO/c1-9-7-8-13-14(10(9)2)15(16)11-5-3-4-6-12(11)17-13/h3-8,15H,16H2,1-2H3. The summed E-state index contributed by atoms with van der Waals surface area (Å²) in [6.45, 7) is 4.20. The molecule has 1 heterocycles. The highest BCUT2D eigenvalue weighted by Crippen LogP contribution is 2.43. The summed E-state index contributed by atoms with van der Waals surface area (Å²) >= 11 is 0. The molecule has 2 aromatic rings. The van der Waals surface area contributed by atoms with Crippen molar-refractivity contribution in [1.82, 2.24) is 0 Å². The molecule has 0 aliphatic carbocycles. The topological polar surface area (TPSA) is 35.2 Å². The molecule has 2 aromatic carbocycles. The van der Waals surface area contributed by atoms with Crippen LogP contribution in [-0.2, 0) is 0 Å². The molecule has 17 heavy (non-hydrogen) atoms. The van der Waals surface area contributed by atoms with Gasteiger partial charge in [-0.3, -0.25) is 0 Å². The van der Waals surface area contributed by atoms with Crippen molar-refractivity contribution in [3.8, 4) is 11.5 Å². The Bertz CT molecular complexity index is 589. The summed E-state index contributed by atoms with van der Waals surface area (Å²) in [4.78, 5) is 0. The van der Waals surface area contributed by atoms with Gasteiger partial charge in [0, 0.05) is 11.1 Å². The molecule has 0 saturated heterocycles. The Hall–Kier alpha value is -1.80. The second-order valence-corrected chi connectivity index (χ2v) is 4.54. The summed E-state index contributed by atoms with van der Waals surface area (Å²) in [5.41, 5.74) is 11.0. The first kappa shape index (κ1) is 10.4. The van der Waals surface area contributed by atoms with E-state index in [4.69, 9.17) is 10.5 Å². The lowest BCUT2D eigenvalue weighted by Crippen LogP contribution is -2.19. The molecule has 0 bridgehead atoms. The van der Waals surface area contributed by atoms with Crippen LogP contribution >= 0.6 is 0 Å². The van der Waals surface area contributed by atoms with Gasteiger partial charge >= 0.3 is 0 Å². The molecular formula is C15H15NO. The zero-order valence-corrected chi connectivity index (χ0v) is 10.0. The number of ether oxygens (including phenoxy) is 1. The molecule has 0 fully saturated rings. The van der Waals surface area contributed by atoms with E-state index in [1.165, 1.54) is 11.1 Å². The summed E-state index contributed by atoms with van der Waals surface area (Å²) < 4.78 is 5.90. The zero-order valence-electron chi connectivity index (χ0n) is 10.0. The maximum atomic E-state index is 6.35. The van der Waals surface area contributed by atoms with E-state index in [1.54, 1.807) is 0 Å². The van der Waals surface area contributed by atoms with Crippen molar-refractivity contribution in [2.45, 2.75) is 19.9 Å². The average molecular weight is 225 g/mol. The maximum Gasteiger partial charge on any atom is 0.132 e. The predicted octanol–water partition coefficient (Wildman–Crippen LogP) is 3.46. The van der Waals surface area contributed by atoms with E-state index >= 15 is 0 Å². The van der Waals surface area contributed by atoms with E-state index in [9.17, 15) is 0 Å². The third-order valence-corrected chi connectivity index (χ3v) is 3.53. The van der Waals surface area contributed by atoms with Crippen LogP contribution in [0.2, 0.25) is 0 Å². The van der Waals surface area contributed by atoms with Gasteiger partial charge < -0.3 is 10.5 Å². The van der Waals surface area contributed by atoms with Crippen molar-refractivity contribution < 1.29 is 4.74 Å². The minimum atomic E-state index is -0.0881. The molecular weight excluding hydrogens is 210 g/mol. The van der Waals surface area contributed by atoms with Crippen molar-refractivity contribution in [2.75, 3.05) is 0 Å². The van der Waals surface area contributed by atoms with Crippen molar-refractivity contribution in [3.05, 3.63) is 58.7 Å². The fourth-order valence-electron chi connectivity index (χ4n) is 2.39. The van der Waals surface area contributed by atoms with Crippen molar-refractivity contribution in [3.63, 3.8) is 0 Å². The van der Waals surface area contributed by atoms with Crippen LogP contribution in [0.15, 0.2) is 36.4 Å². The number of nitrogens with two attached hydrogens (primary N) is 1. The fourth-order valence-corrected chi connectivity index (χ4v) is 2.39. The van der Waals surface area contributed by atoms with E-state index in [-0.39, 0.29) is 6.04 Å². The normalized spacial score (nSPS) is 17.0. The Kier molecular flexibility index (Phi) is 2.20. The second kappa shape index (κ2) is 3.60. The van der Waals surface area contributed by atoms with E-state index in [1.807, 2.05) is 30.3 Å². The zero-order chi connectivity index (χ0) is 12.0. The fraction of sp³-hybridized carbons (Fsp3) is 0.200. The number of rotatable bonds is 0. The molecule has 1 atom stereocenters. The highest BCUT2D eigenvalue weighted by molar-refractivity contribution is 5.56. The molecule has 0 amide bonds. The number of hydrogen-bond donors (Lipinski definition) is 1. The van der Waals surface area contributed by atoms with Crippen LogP contribution in [0, 0.1) is 13.8 Å². The average Bonchev–Trinajstić information content (AvgIpc) is 2.34. The van der Waals surface area contributed by atoms with Gasteiger partial charge in [0.2, 0.25) is 0 Å². The third kappa shape index (κ3) is 1.45. The summed E-state index contributed by atoms with van der Waals surface area (Å²) in [7, 11) is 0. The van der Waals surface area contributed by atoms with Crippen LogP contribution in [0.4, 0.5) is 0 Å². The molecule has 86 valence electrons. The number of aryl methyl sites for hydroxylation is 1. The minimum Gasteiger partial charge on any atom is -0.457 e. The van der Waals surface area contributed by atoms with E-state index in [0.29, 0.717) is 0 Å². The van der Waals surface area contributed by atoms with Crippen LogP contribution in [0.25, 0.3) is 0 Å². The molecule has 0 radical (unpaired) electrons. The van der Waals surface area contributed by atoms with Crippen LogP contribution in [0.1, 0.15) is 28.3 Å². The lowest BCUT2D eigenvalue weighted by molar-refractivity contribution is 0.446. The van der Waals surface area contributed by atoms with Gasteiger partial charge in [-0.05, 0) is 37.1 Å². The first-order chi connectivity index (χ1) is 8.18. The summed E-state index contributed by atoms with van der Waals surface area (Å²) in [6.07, 6.45) is 0. The molecule has 1 unspecified atom stereocenters. The van der Waals surface area contributed by atoms with Gasteiger partial charge in [0.25, 0.3) is 0 Å². The summed E-state index contributed by atoms with van der Waals surface area (Å²) in [5, 5.41) is 0. The first-order valence-corrected chi connectivity index (χ1v) is 5.81. The van der Waals surface area contributed by atoms with Gasteiger partial charge in [0.05, 0.1) is 6.04 Å². The van der Waals surface area contributed by atoms with Crippen LogP contribution in [-0.4, -0.2) is 0 Å². The molecule has 0 saturated carbocycles. The number of fused-ring (bicyclic) bond motifs is 2. The number of para-hydroxylation sites is 1. The molecule has 3 rings (SSSR count). The van der Waals surface area contributed by atoms with E-state index < -0.39 is 0 Å². The number of hydrogen-bond acceptors (Lipinski definition) is 2. The van der Waals surface area contributed by atoms with Gasteiger partial charge in [0.1, 0.15) is 11.5 Å². The van der Waals surface area contributed by atoms with Gasteiger partial charge in [-0.2, -0.15) is 0 Å². The SMILES string of the molecule is Cc1ccc2c(c1C)C(N)c1ccccc1O2. The molecule has 0 aromatic heterocycles. The smallest absolute Gasteiger partial charge is 0.132 e. The highest BCUT2D eigenvalue weighted by Gasteiger charge is 2.25. The van der Waals surface area contributed by atoms with Crippen molar-refractivity contribution in [1.29, 1.82) is 0 Å². The molecule has 2 N–H and O–H groups in total. The highest BCUT2D eigenvalue weighted by atomic mass is 16.5. The van der Waals surface area contributed by atoms with Crippen molar-refractivity contribution >= 4 is 0 Å². The lowest BCUT2D eigenvalue weighted by Gasteiger charge is -2.27. The van der Waals surface area contributed by atoms with Crippen LogP contribution in [0.5, 0.6) is 11.5 Å². The largest absolute Gasteiger partial charge is 0.457 e. The Morgan fingerprint density at radius 1 is 1.00 bits per heavy atom. The molecule has 2 nitrogen and oxygen atoms in total. The van der Waals surface area contributed by atoms with Gasteiger partial charge in [-0.1, -0.05) is 24.3 Å². The maximum absolute atomic E-state index is 6.35. The van der Waals surface area contributed by atoms with Crippen LogP contribution in [0.3, 0.4) is 0 Å². The van der Waals surface area contributed by atoms with Gasteiger partial charge in [-0.25, -0.2) is 0 Å². The van der Waals surface area contributed by atoms with Crippen LogP contribution < -0.4 is 10.5 Å². The third-order valence-electron chi connectivity index (χ3n) is 3.53. The van der Waals surface area contributed by atoms with Gasteiger partial charge in [0.15, 0.2) is 0 Å². The molecule has 1 aliphatic heterocycles. The Morgan fingerprint density at radius 3 is 2.59 bits per heavy atom. The van der Waals surface area contributed by atoms with E-state index in [2.05, 4.69) is 19.9 Å².